The highest BCUT2D eigenvalue weighted by Crippen LogP contribution is 2.10. The van der Waals surface area contributed by atoms with Crippen LogP contribution in [0.3, 0.4) is 0 Å². The lowest BCUT2D eigenvalue weighted by molar-refractivity contribution is 0.305. The van der Waals surface area contributed by atoms with Crippen molar-refractivity contribution >= 4 is 0 Å². The number of H-pyrrole nitrogens is 1. The van der Waals surface area contributed by atoms with Gasteiger partial charge in [-0.05, 0) is 31.4 Å². The first-order valence-electron chi connectivity index (χ1n) is 6.96. The number of ether oxygens (including phenoxy) is 1. The first-order valence-corrected chi connectivity index (χ1v) is 6.96. The van der Waals surface area contributed by atoms with Crippen molar-refractivity contribution in [3.63, 3.8) is 0 Å². The molecule has 0 saturated heterocycles. The second-order valence-electron chi connectivity index (χ2n) is 4.66. The Balaban J connectivity index is 1.56. The van der Waals surface area contributed by atoms with Crippen molar-refractivity contribution in [3.8, 4) is 11.8 Å². The van der Waals surface area contributed by atoms with E-state index in [9.17, 15) is 0 Å². The molecule has 0 atom stereocenters. The third-order valence-corrected chi connectivity index (χ3v) is 3.02. The van der Waals surface area contributed by atoms with Gasteiger partial charge in [0.25, 0.3) is 0 Å². The molecular formula is C16H19N3O. The fourth-order valence-corrected chi connectivity index (χ4v) is 1.99. The number of aryl methyl sites for hydroxylation is 1. The van der Waals surface area contributed by atoms with Crippen molar-refractivity contribution in [2.45, 2.75) is 32.1 Å². The van der Waals surface area contributed by atoms with Gasteiger partial charge in [0, 0.05) is 18.3 Å². The average Bonchev–Trinajstić information content (AvgIpc) is 2.92. The van der Waals surface area contributed by atoms with Crippen molar-refractivity contribution in [1.29, 1.82) is 5.26 Å². The minimum atomic E-state index is 0.401. The molecule has 4 nitrogen and oxygen atoms in total. The van der Waals surface area contributed by atoms with Crippen LogP contribution in [0.4, 0.5) is 0 Å². The maximum Gasteiger partial charge on any atom is 0.119 e. The molecule has 0 radical (unpaired) electrons. The van der Waals surface area contributed by atoms with Crippen molar-refractivity contribution in [2.24, 2.45) is 0 Å². The molecule has 1 aromatic heterocycles. The van der Waals surface area contributed by atoms with Crippen LogP contribution >= 0.6 is 0 Å². The van der Waals surface area contributed by atoms with Crippen molar-refractivity contribution in [2.75, 3.05) is 6.61 Å². The van der Waals surface area contributed by atoms with Gasteiger partial charge in [-0.3, -0.25) is 0 Å². The quantitative estimate of drug-likeness (QED) is 0.748. The van der Waals surface area contributed by atoms with E-state index in [0.29, 0.717) is 6.42 Å². The fourth-order valence-electron chi connectivity index (χ4n) is 1.99. The van der Waals surface area contributed by atoms with E-state index in [-0.39, 0.29) is 0 Å². The minimum absolute atomic E-state index is 0.401. The molecule has 2 rings (SSSR count). The molecule has 0 aliphatic rings. The Kier molecular flexibility index (Phi) is 5.66. The molecule has 4 heteroatoms. The van der Waals surface area contributed by atoms with Crippen LogP contribution < -0.4 is 4.74 Å². The highest BCUT2D eigenvalue weighted by atomic mass is 16.5. The lowest BCUT2D eigenvalue weighted by Crippen LogP contribution is -1.98. The number of nitrogens with zero attached hydrogens (tertiary/aromatic N) is 2. The smallest absolute Gasteiger partial charge is 0.119 e. The number of rotatable bonds is 8. The largest absolute Gasteiger partial charge is 0.494 e. The summed E-state index contributed by atoms with van der Waals surface area (Å²) in [5.74, 6) is 1.90. The highest BCUT2D eigenvalue weighted by molar-refractivity contribution is 5.20. The summed E-state index contributed by atoms with van der Waals surface area (Å²) in [5.41, 5.74) is 0.898. The van der Waals surface area contributed by atoms with E-state index in [1.165, 1.54) is 0 Å². The molecule has 0 unspecified atom stereocenters. The summed E-state index contributed by atoms with van der Waals surface area (Å²) in [6.07, 6.45) is 6.31. The van der Waals surface area contributed by atoms with Crippen molar-refractivity contribution in [1.82, 2.24) is 9.97 Å². The molecule has 1 heterocycles. The molecule has 0 spiro atoms. The summed E-state index contributed by atoms with van der Waals surface area (Å²) < 4.78 is 5.63. The normalized spacial score (nSPS) is 10.2. The van der Waals surface area contributed by atoms with Gasteiger partial charge in [-0.1, -0.05) is 18.2 Å². The Morgan fingerprint density at radius 3 is 2.80 bits per heavy atom. The lowest BCUT2D eigenvalue weighted by atomic mass is 10.2. The van der Waals surface area contributed by atoms with Gasteiger partial charge in [0.2, 0.25) is 0 Å². The van der Waals surface area contributed by atoms with Crippen LogP contribution in [0.2, 0.25) is 0 Å². The minimum Gasteiger partial charge on any atom is -0.494 e. The van der Waals surface area contributed by atoms with Gasteiger partial charge in [-0.25, -0.2) is 4.98 Å². The van der Waals surface area contributed by atoms with Crippen molar-refractivity contribution < 1.29 is 4.74 Å². The van der Waals surface area contributed by atoms with Crippen LogP contribution in [0.15, 0.2) is 36.5 Å². The van der Waals surface area contributed by atoms with E-state index in [1.54, 1.807) is 6.20 Å². The average molecular weight is 269 g/mol. The summed E-state index contributed by atoms with van der Waals surface area (Å²) in [7, 11) is 0. The molecule has 0 aliphatic carbocycles. The number of para-hydroxylation sites is 1. The molecule has 1 N–H and O–H groups in total. The zero-order valence-electron chi connectivity index (χ0n) is 11.5. The molecule has 20 heavy (non-hydrogen) atoms. The number of aromatic amines is 1. The van der Waals surface area contributed by atoms with Gasteiger partial charge in [0.1, 0.15) is 11.6 Å². The maximum atomic E-state index is 8.58. The third-order valence-electron chi connectivity index (χ3n) is 3.02. The van der Waals surface area contributed by atoms with Gasteiger partial charge >= 0.3 is 0 Å². The van der Waals surface area contributed by atoms with Gasteiger partial charge in [-0.15, -0.1) is 0 Å². The fraction of sp³-hybridized carbons (Fsp3) is 0.375. The predicted molar refractivity (Wildman–Crippen MR) is 77.4 cm³/mol. The number of benzene rings is 1. The molecule has 0 aliphatic heterocycles. The van der Waals surface area contributed by atoms with E-state index in [1.807, 2.05) is 30.3 Å². The van der Waals surface area contributed by atoms with Crippen LogP contribution in [0.5, 0.6) is 5.75 Å². The van der Waals surface area contributed by atoms with Gasteiger partial charge in [-0.2, -0.15) is 5.26 Å². The Morgan fingerprint density at radius 2 is 2.00 bits per heavy atom. The maximum absolute atomic E-state index is 8.58. The second kappa shape index (κ2) is 8.00. The van der Waals surface area contributed by atoms with Gasteiger partial charge in [0.05, 0.1) is 19.1 Å². The zero-order valence-corrected chi connectivity index (χ0v) is 11.5. The molecule has 0 amide bonds. The van der Waals surface area contributed by atoms with E-state index < -0.39 is 0 Å². The number of nitrogens with one attached hydrogen (secondary N) is 1. The third kappa shape index (κ3) is 4.77. The van der Waals surface area contributed by atoms with E-state index in [4.69, 9.17) is 10.00 Å². The van der Waals surface area contributed by atoms with E-state index >= 15 is 0 Å². The number of unbranched alkanes of at least 4 members (excludes halogenated alkanes) is 2. The van der Waals surface area contributed by atoms with Crippen LogP contribution in [-0.2, 0) is 12.8 Å². The van der Waals surface area contributed by atoms with Crippen LogP contribution in [0.25, 0.3) is 0 Å². The molecule has 0 fully saturated rings. The Bertz CT molecular complexity index is 542. The number of aromatic nitrogens is 2. The van der Waals surface area contributed by atoms with Crippen LogP contribution in [0.1, 0.15) is 30.8 Å². The topological polar surface area (TPSA) is 61.7 Å². The summed E-state index contributed by atoms with van der Waals surface area (Å²) in [5, 5.41) is 8.58. The first-order chi connectivity index (χ1) is 9.88. The zero-order chi connectivity index (χ0) is 14.0. The monoisotopic (exact) mass is 269 g/mol. The first kappa shape index (κ1) is 14.1. The summed E-state index contributed by atoms with van der Waals surface area (Å²) in [6.45, 7) is 0.752. The number of imidazole rings is 1. The van der Waals surface area contributed by atoms with Gasteiger partial charge in [0.15, 0.2) is 0 Å². The molecule has 1 aromatic carbocycles. The molecule has 104 valence electrons. The summed E-state index contributed by atoms with van der Waals surface area (Å²) in [6, 6.07) is 12.0. The molecule has 0 saturated carbocycles. The van der Waals surface area contributed by atoms with E-state index in [0.717, 1.165) is 49.6 Å². The number of hydrogen-bond donors (Lipinski definition) is 1. The highest BCUT2D eigenvalue weighted by Gasteiger charge is 2.00. The Labute approximate surface area is 119 Å². The Morgan fingerprint density at radius 1 is 1.15 bits per heavy atom. The second-order valence-corrected chi connectivity index (χ2v) is 4.66. The number of nitriles is 1. The SMILES string of the molecule is N#CCc1cnc(CCCCCOc2ccccc2)[nH]1. The molecule has 2 aromatic rings. The van der Waals surface area contributed by atoms with Crippen LogP contribution in [-0.4, -0.2) is 16.6 Å². The van der Waals surface area contributed by atoms with Crippen molar-refractivity contribution in [3.05, 3.63) is 48.0 Å². The Hall–Kier alpha value is -2.28. The lowest BCUT2D eigenvalue weighted by Gasteiger charge is -2.05. The summed E-state index contributed by atoms with van der Waals surface area (Å²) >= 11 is 0. The summed E-state index contributed by atoms with van der Waals surface area (Å²) in [4.78, 5) is 7.43. The number of hydrogen-bond acceptors (Lipinski definition) is 3. The van der Waals surface area contributed by atoms with Crippen LogP contribution in [0, 0.1) is 11.3 Å². The standard InChI is InChI=1S/C16H19N3O/c17-11-10-14-13-18-16(19-14)9-5-2-6-12-20-15-7-3-1-4-8-15/h1,3-4,7-8,13H,2,5-6,9-10,12H2,(H,18,19). The van der Waals surface area contributed by atoms with E-state index in [2.05, 4.69) is 16.0 Å². The van der Waals surface area contributed by atoms with Gasteiger partial charge < -0.3 is 9.72 Å². The molecule has 0 bridgehead atoms. The predicted octanol–water partition coefficient (Wildman–Crippen LogP) is 3.27. The molecular weight excluding hydrogens is 250 g/mol.